The van der Waals surface area contributed by atoms with Gasteiger partial charge in [0.15, 0.2) is 0 Å². The molecular weight excluding hydrogens is 347 g/mol. The van der Waals surface area contributed by atoms with Crippen molar-refractivity contribution < 1.29 is 4.79 Å². The van der Waals surface area contributed by atoms with E-state index >= 15 is 0 Å². The highest BCUT2D eigenvalue weighted by Gasteiger charge is 2.18. The van der Waals surface area contributed by atoms with Gasteiger partial charge in [0.05, 0.1) is 16.9 Å². The molecular formula is C17H24Cl2N4O. The smallest absolute Gasteiger partial charge is 0.255 e. The van der Waals surface area contributed by atoms with E-state index in [9.17, 15) is 4.79 Å². The molecule has 0 bridgehead atoms. The van der Waals surface area contributed by atoms with Crippen LogP contribution in [0.4, 0.5) is 0 Å². The first kappa shape index (κ1) is 20.5. The maximum atomic E-state index is 12.5. The van der Waals surface area contributed by atoms with E-state index in [1.807, 2.05) is 19.1 Å². The first-order valence-corrected chi connectivity index (χ1v) is 8.11. The summed E-state index contributed by atoms with van der Waals surface area (Å²) in [7, 11) is 0. The second kappa shape index (κ2) is 9.06. The number of hydrogen-bond donors (Lipinski definition) is 2. The second-order valence-electron chi connectivity index (χ2n) is 6.08. The Balaban J connectivity index is 0.00000288. The topological polar surface area (TPSA) is 72.9 Å². The molecule has 0 radical (unpaired) electrons. The number of amides is 1. The van der Waals surface area contributed by atoms with Gasteiger partial charge in [0.2, 0.25) is 0 Å². The van der Waals surface area contributed by atoms with Crippen LogP contribution in [0.15, 0.2) is 30.5 Å². The van der Waals surface area contributed by atoms with Crippen LogP contribution < -0.4 is 11.1 Å². The minimum Gasteiger partial charge on any atom is -0.348 e. The molecule has 0 aliphatic heterocycles. The summed E-state index contributed by atoms with van der Waals surface area (Å²) in [6.45, 7) is 6.47. The fraction of sp³-hybridized carbons (Fsp3) is 0.412. The standard InChI is InChI=1S/C17H23ClN4O.ClH/c1-11(2)8-14(9-19)20-17(23)16-10-22(21-12(16)3)15-6-4-13(18)5-7-15;/h4-7,10-11,14H,8-9,19H2,1-3H3,(H,20,23);1H. The Morgan fingerprint density at radius 3 is 2.50 bits per heavy atom. The molecule has 1 atom stereocenters. The molecule has 1 aromatic heterocycles. The van der Waals surface area contributed by atoms with Gasteiger partial charge in [0.25, 0.3) is 5.91 Å². The van der Waals surface area contributed by atoms with Gasteiger partial charge in [0, 0.05) is 23.8 Å². The van der Waals surface area contributed by atoms with Gasteiger partial charge in [-0.25, -0.2) is 4.68 Å². The maximum absolute atomic E-state index is 12.5. The Morgan fingerprint density at radius 1 is 1.33 bits per heavy atom. The van der Waals surface area contributed by atoms with E-state index in [0.717, 1.165) is 12.1 Å². The molecule has 1 amide bonds. The van der Waals surface area contributed by atoms with Crippen molar-refractivity contribution in [3.05, 3.63) is 46.7 Å². The monoisotopic (exact) mass is 370 g/mol. The molecule has 132 valence electrons. The van der Waals surface area contributed by atoms with Crippen molar-refractivity contribution in [3.63, 3.8) is 0 Å². The Hall–Kier alpha value is -1.56. The van der Waals surface area contributed by atoms with Crippen LogP contribution in [0.5, 0.6) is 0 Å². The second-order valence-corrected chi connectivity index (χ2v) is 6.52. The van der Waals surface area contributed by atoms with Gasteiger partial charge in [0.1, 0.15) is 0 Å². The van der Waals surface area contributed by atoms with E-state index in [4.69, 9.17) is 17.3 Å². The number of aromatic nitrogens is 2. The van der Waals surface area contributed by atoms with Gasteiger partial charge in [-0.1, -0.05) is 25.4 Å². The number of aryl methyl sites for hydroxylation is 1. The molecule has 0 aliphatic carbocycles. The summed E-state index contributed by atoms with van der Waals surface area (Å²) >= 11 is 5.90. The van der Waals surface area contributed by atoms with Crippen molar-refractivity contribution in [2.24, 2.45) is 11.7 Å². The summed E-state index contributed by atoms with van der Waals surface area (Å²) in [6.07, 6.45) is 2.59. The van der Waals surface area contributed by atoms with Gasteiger partial charge in [-0.15, -0.1) is 12.4 Å². The van der Waals surface area contributed by atoms with Gasteiger partial charge in [-0.3, -0.25) is 4.79 Å². The summed E-state index contributed by atoms with van der Waals surface area (Å²) < 4.78 is 1.68. The highest BCUT2D eigenvalue weighted by Crippen LogP contribution is 2.15. The van der Waals surface area contributed by atoms with Crippen LogP contribution in [0.25, 0.3) is 5.69 Å². The number of halogens is 2. The first-order valence-electron chi connectivity index (χ1n) is 7.73. The average Bonchev–Trinajstić information content (AvgIpc) is 2.88. The minimum atomic E-state index is -0.140. The molecule has 1 unspecified atom stereocenters. The fourth-order valence-corrected chi connectivity index (χ4v) is 2.58. The van der Waals surface area contributed by atoms with Gasteiger partial charge >= 0.3 is 0 Å². The molecule has 0 saturated heterocycles. The quantitative estimate of drug-likeness (QED) is 0.818. The number of benzene rings is 1. The lowest BCUT2D eigenvalue weighted by atomic mass is 10.0. The Labute approximate surface area is 154 Å². The largest absolute Gasteiger partial charge is 0.348 e. The first-order chi connectivity index (χ1) is 10.9. The van der Waals surface area contributed by atoms with E-state index < -0.39 is 0 Å². The molecule has 1 aromatic carbocycles. The SMILES string of the molecule is Cc1nn(-c2ccc(Cl)cc2)cc1C(=O)NC(CN)CC(C)C.Cl. The third kappa shape index (κ3) is 5.23. The lowest BCUT2D eigenvalue weighted by Gasteiger charge is -2.18. The summed E-state index contributed by atoms with van der Waals surface area (Å²) in [5.74, 6) is 0.334. The van der Waals surface area contributed by atoms with Gasteiger partial charge < -0.3 is 11.1 Å². The Bertz CT molecular complexity index is 668. The highest BCUT2D eigenvalue weighted by atomic mass is 35.5. The number of nitrogens with one attached hydrogen (secondary N) is 1. The molecule has 0 spiro atoms. The molecule has 2 rings (SSSR count). The van der Waals surface area contributed by atoms with Crippen molar-refractivity contribution in [3.8, 4) is 5.69 Å². The number of nitrogens with two attached hydrogens (primary N) is 1. The minimum absolute atomic E-state index is 0. The molecule has 5 nitrogen and oxygen atoms in total. The number of nitrogens with zero attached hydrogens (tertiary/aromatic N) is 2. The number of rotatable bonds is 6. The molecule has 1 heterocycles. The molecule has 0 aliphatic rings. The molecule has 2 aromatic rings. The predicted octanol–water partition coefficient (Wildman–Crippen LogP) is 3.36. The van der Waals surface area contributed by atoms with Crippen LogP contribution >= 0.6 is 24.0 Å². The third-order valence-electron chi connectivity index (χ3n) is 3.61. The zero-order valence-corrected chi connectivity index (χ0v) is 15.7. The normalized spacial score (nSPS) is 11.9. The zero-order chi connectivity index (χ0) is 17.0. The Kier molecular flexibility index (Phi) is 7.73. The van der Waals surface area contributed by atoms with Gasteiger partial charge in [-0.2, -0.15) is 5.10 Å². The van der Waals surface area contributed by atoms with Gasteiger partial charge in [-0.05, 0) is 43.5 Å². The van der Waals surface area contributed by atoms with Crippen molar-refractivity contribution in [1.29, 1.82) is 0 Å². The number of hydrogen-bond acceptors (Lipinski definition) is 3. The fourth-order valence-electron chi connectivity index (χ4n) is 2.46. The lowest BCUT2D eigenvalue weighted by molar-refractivity contribution is 0.0933. The van der Waals surface area contributed by atoms with Crippen molar-refractivity contribution in [2.45, 2.75) is 33.2 Å². The van der Waals surface area contributed by atoms with Crippen LogP contribution in [0.2, 0.25) is 5.02 Å². The van der Waals surface area contributed by atoms with Crippen LogP contribution in [0, 0.1) is 12.8 Å². The van der Waals surface area contributed by atoms with E-state index in [1.165, 1.54) is 0 Å². The van der Waals surface area contributed by atoms with Crippen molar-refractivity contribution >= 4 is 29.9 Å². The van der Waals surface area contributed by atoms with E-state index in [2.05, 4.69) is 24.3 Å². The van der Waals surface area contributed by atoms with E-state index in [1.54, 1.807) is 23.0 Å². The summed E-state index contributed by atoms with van der Waals surface area (Å²) in [5, 5.41) is 8.06. The number of carbonyl (C=O) groups is 1. The molecule has 7 heteroatoms. The van der Waals surface area contributed by atoms with E-state index in [-0.39, 0.29) is 24.4 Å². The average molecular weight is 371 g/mol. The Morgan fingerprint density at radius 2 is 1.96 bits per heavy atom. The van der Waals surface area contributed by atoms with Crippen LogP contribution in [-0.4, -0.2) is 28.3 Å². The molecule has 24 heavy (non-hydrogen) atoms. The van der Waals surface area contributed by atoms with Crippen LogP contribution in [-0.2, 0) is 0 Å². The lowest BCUT2D eigenvalue weighted by Crippen LogP contribution is -2.41. The van der Waals surface area contributed by atoms with Crippen molar-refractivity contribution in [1.82, 2.24) is 15.1 Å². The van der Waals surface area contributed by atoms with Crippen molar-refractivity contribution in [2.75, 3.05) is 6.54 Å². The predicted molar refractivity (Wildman–Crippen MR) is 100 cm³/mol. The van der Waals surface area contributed by atoms with Crippen LogP contribution in [0.3, 0.4) is 0 Å². The molecule has 0 saturated carbocycles. The zero-order valence-electron chi connectivity index (χ0n) is 14.1. The molecule has 3 N–H and O–H groups in total. The van der Waals surface area contributed by atoms with Crippen LogP contribution in [0.1, 0.15) is 36.3 Å². The third-order valence-corrected chi connectivity index (χ3v) is 3.86. The number of carbonyl (C=O) groups excluding carboxylic acids is 1. The summed E-state index contributed by atoms with van der Waals surface area (Å²) in [6, 6.07) is 7.28. The molecule has 0 fully saturated rings. The highest BCUT2D eigenvalue weighted by molar-refractivity contribution is 6.30. The maximum Gasteiger partial charge on any atom is 0.255 e. The summed E-state index contributed by atoms with van der Waals surface area (Å²) in [4.78, 5) is 12.5. The summed E-state index contributed by atoms with van der Waals surface area (Å²) in [5.41, 5.74) is 7.84. The van der Waals surface area contributed by atoms with E-state index in [0.29, 0.717) is 28.7 Å².